The molecule has 0 fully saturated rings. The number of thioether (sulfide) groups is 1. The van der Waals surface area contributed by atoms with Crippen LogP contribution in [0.3, 0.4) is 0 Å². The van der Waals surface area contributed by atoms with E-state index >= 15 is 0 Å². The Bertz CT molecular complexity index is 343. The molecule has 5 N–H and O–H groups in total. The highest BCUT2D eigenvalue weighted by molar-refractivity contribution is 7.98. The van der Waals surface area contributed by atoms with Gasteiger partial charge in [-0.1, -0.05) is 6.07 Å². The van der Waals surface area contributed by atoms with Crippen LogP contribution in [0.15, 0.2) is 29.2 Å². The first-order valence-corrected chi connectivity index (χ1v) is 5.79. The Hall–Kier alpha value is -1.20. The normalized spacial score (nSPS) is 12.1. The number of nitrogens with one attached hydrogen (secondary N) is 1. The minimum Gasteiger partial charge on any atom is -0.383 e. The molecule has 1 amide bonds. The van der Waals surface area contributed by atoms with Crippen molar-refractivity contribution in [2.45, 2.75) is 10.9 Å². The van der Waals surface area contributed by atoms with E-state index in [-0.39, 0.29) is 0 Å². The maximum absolute atomic E-state index is 10.7. The molecule has 5 heteroatoms. The van der Waals surface area contributed by atoms with Gasteiger partial charge in [-0.25, -0.2) is 0 Å². The maximum Gasteiger partial charge on any atom is 0.236 e. The van der Waals surface area contributed by atoms with Crippen LogP contribution in [0.25, 0.3) is 0 Å². The predicted molar refractivity (Wildman–Crippen MR) is 63.9 cm³/mol. The summed E-state index contributed by atoms with van der Waals surface area (Å²) < 4.78 is 0. The van der Waals surface area contributed by atoms with E-state index < -0.39 is 11.9 Å². The number of anilines is 1. The maximum atomic E-state index is 10.7. The molecule has 0 aliphatic heterocycles. The van der Waals surface area contributed by atoms with Crippen molar-refractivity contribution in [2.24, 2.45) is 11.5 Å². The molecule has 0 aliphatic carbocycles. The zero-order valence-corrected chi connectivity index (χ0v) is 9.38. The third-order valence-electron chi connectivity index (χ3n) is 1.96. The largest absolute Gasteiger partial charge is 0.383 e. The van der Waals surface area contributed by atoms with Crippen LogP contribution in [0.4, 0.5) is 5.69 Å². The van der Waals surface area contributed by atoms with Crippen molar-refractivity contribution >= 4 is 23.4 Å². The van der Waals surface area contributed by atoms with Crippen LogP contribution in [0.2, 0.25) is 0 Å². The minimum absolute atomic E-state index is 0.354. The van der Waals surface area contributed by atoms with E-state index in [4.69, 9.17) is 11.5 Å². The molecule has 0 saturated heterocycles. The Labute approximate surface area is 93.4 Å². The molecule has 0 saturated carbocycles. The molecule has 82 valence electrons. The highest BCUT2D eigenvalue weighted by atomic mass is 32.2. The van der Waals surface area contributed by atoms with Crippen molar-refractivity contribution < 1.29 is 4.79 Å². The molecule has 1 rings (SSSR count). The SMILES string of the molecule is CSc1cccc(NCC(N)C(N)=O)c1. The lowest BCUT2D eigenvalue weighted by molar-refractivity contribution is -0.118. The monoisotopic (exact) mass is 225 g/mol. The van der Waals surface area contributed by atoms with Crippen LogP contribution < -0.4 is 16.8 Å². The van der Waals surface area contributed by atoms with Crippen LogP contribution in [0, 0.1) is 0 Å². The van der Waals surface area contributed by atoms with E-state index in [2.05, 4.69) is 5.32 Å². The second-order valence-corrected chi connectivity index (χ2v) is 4.00. The van der Waals surface area contributed by atoms with Gasteiger partial charge >= 0.3 is 0 Å². The second kappa shape index (κ2) is 5.63. The molecule has 0 radical (unpaired) electrons. The number of hydrogen-bond donors (Lipinski definition) is 3. The molecule has 0 aliphatic rings. The van der Waals surface area contributed by atoms with Gasteiger partial charge in [0.15, 0.2) is 0 Å². The van der Waals surface area contributed by atoms with Gasteiger partial charge in [0.1, 0.15) is 6.04 Å². The predicted octanol–water partition coefficient (Wildman–Crippen LogP) is 0.633. The number of rotatable bonds is 5. The van der Waals surface area contributed by atoms with Gasteiger partial charge in [0, 0.05) is 17.1 Å². The number of benzene rings is 1. The third-order valence-corrected chi connectivity index (χ3v) is 2.69. The fourth-order valence-electron chi connectivity index (χ4n) is 1.06. The first-order valence-electron chi connectivity index (χ1n) is 4.56. The molecule has 1 atom stereocenters. The van der Waals surface area contributed by atoms with Gasteiger partial charge in [-0.2, -0.15) is 0 Å². The molecule has 0 bridgehead atoms. The van der Waals surface area contributed by atoms with Crippen LogP contribution in [-0.4, -0.2) is 24.7 Å². The van der Waals surface area contributed by atoms with Gasteiger partial charge in [0.2, 0.25) is 5.91 Å². The lowest BCUT2D eigenvalue weighted by Gasteiger charge is -2.10. The molecular formula is C10H15N3OS. The van der Waals surface area contributed by atoms with E-state index in [0.29, 0.717) is 6.54 Å². The second-order valence-electron chi connectivity index (χ2n) is 3.12. The molecular weight excluding hydrogens is 210 g/mol. The Balaban J connectivity index is 2.53. The summed E-state index contributed by atoms with van der Waals surface area (Å²) in [4.78, 5) is 11.9. The van der Waals surface area contributed by atoms with E-state index in [1.807, 2.05) is 30.5 Å². The Kier molecular flexibility index (Phi) is 4.45. The fraction of sp³-hybridized carbons (Fsp3) is 0.300. The summed E-state index contributed by atoms with van der Waals surface area (Å²) in [5, 5.41) is 3.06. The van der Waals surface area contributed by atoms with Crippen molar-refractivity contribution in [2.75, 3.05) is 18.1 Å². The Morgan fingerprint density at radius 1 is 1.60 bits per heavy atom. The van der Waals surface area contributed by atoms with E-state index in [1.54, 1.807) is 11.8 Å². The first-order chi connectivity index (χ1) is 7.13. The number of carbonyl (C=O) groups excluding carboxylic acids is 1. The smallest absolute Gasteiger partial charge is 0.236 e. The minimum atomic E-state index is -0.650. The summed E-state index contributed by atoms with van der Waals surface area (Å²) in [5.41, 5.74) is 11.5. The lowest BCUT2D eigenvalue weighted by atomic mass is 10.2. The lowest BCUT2D eigenvalue weighted by Crippen LogP contribution is -2.41. The van der Waals surface area contributed by atoms with Crippen molar-refractivity contribution in [3.05, 3.63) is 24.3 Å². The molecule has 0 spiro atoms. The summed E-state index contributed by atoms with van der Waals surface area (Å²) in [5.74, 6) is -0.497. The van der Waals surface area contributed by atoms with E-state index in [9.17, 15) is 4.79 Å². The van der Waals surface area contributed by atoms with Gasteiger partial charge in [-0.15, -0.1) is 11.8 Å². The topological polar surface area (TPSA) is 81.1 Å². The van der Waals surface area contributed by atoms with Crippen molar-refractivity contribution in [1.82, 2.24) is 0 Å². The quantitative estimate of drug-likeness (QED) is 0.642. The van der Waals surface area contributed by atoms with Crippen molar-refractivity contribution in [3.8, 4) is 0 Å². The van der Waals surface area contributed by atoms with Gasteiger partial charge in [-0.3, -0.25) is 4.79 Å². The number of carbonyl (C=O) groups is 1. The van der Waals surface area contributed by atoms with Crippen molar-refractivity contribution in [3.63, 3.8) is 0 Å². The van der Waals surface area contributed by atoms with Gasteiger partial charge in [-0.05, 0) is 24.5 Å². The van der Waals surface area contributed by atoms with Gasteiger partial charge in [0.25, 0.3) is 0 Å². The number of nitrogens with two attached hydrogens (primary N) is 2. The molecule has 1 unspecified atom stereocenters. The third kappa shape index (κ3) is 3.81. The molecule has 0 heterocycles. The highest BCUT2D eigenvalue weighted by Gasteiger charge is 2.07. The highest BCUT2D eigenvalue weighted by Crippen LogP contribution is 2.18. The zero-order chi connectivity index (χ0) is 11.3. The first kappa shape index (κ1) is 11.9. The molecule has 0 aromatic heterocycles. The molecule has 1 aromatic carbocycles. The summed E-state index contributed by atoms with van der Waals surface area (Å²) in [6.07, 6.45) is 2.01. The van der Waals surface area contributed by atoms with E-state index in [1.165, 1.54) is 0 Å². The van der Waals surface area contributed by atoms with E-state index in [0.717, 1.165) is 10.6 Å². The summed E-state index contributed by atoms with van der Waals surface area (Å²) >= 11 is 1.66. The van der Waals surface area contributed by atoms with Crippen LogP contribution in [0.1, 0.15) is 0 Å². The van der Waals surface area contributed by atoms with Gasteiger partial charge in [0.05, 0.1) is 0 Å². The zero-order valence-electron chi connectivity index (χ0n) is 8.57. The fourth-order valence-corrected chi connectivity index (χ4v) is 1.52. The summed E-state index contributed by atoms with van der Waals surface area (Å²) in [6, 6.07) is 7.24. The van der Waals surface area contributed by atoms with Crippen molar-refractivity contribution in [1.29, 1.82) is 0 Å². The standard InChI is InChI=1S/C10H15N3OS/c1-15-8-4-2-3-7(5-8)13-6-9(11)10(12)14/h2-5,9,13H,6,11H2,1H3,(H2,12,14). The molecule has 1 aromatic rings. The average Bonchev–Trinajstić information content (AvgIpc) is 2.26. The Morgan fingerprint density at radius 3 is 2.93 bits per heavy atom. The summed E-state index contributed by atoms with van der Waals surface area (Å²) in [7, 11) is 0. The van der Waals surface area contributed by atoms with Gasteiger partial charge < -0.3 is 16.8 Å². The number of hydrogen-bond acceptors (Lipinski definition) is 4. The number of primary amides is 1. The average molecular weight is 225 g/mol. The van der Waals surface area contributed by atoms with Crippen LogP contribution >= 0.6 is 11.8 Å². The van der Waals surface area contributed by atoms with Crippen LogP contribution in [0.5, 0.6) is 0 Å². The Morgan fingerprint density at radius 2 is 2.33 bits per heavy atom. The molecule has 15 heavy (non-hydrogen) atoms. The summed E-state index contributed by atoms with van der Waals surface area (Å²) in [6.45, 7) is 0.354. The number of amides is 1. The molecule has 4 nitrogen and oxygen atoms in total. The van der Waals surface area contributed by atoms with Crippen LogP contribution in [-0.2, 0) is 4.79 Å².